The second kappa shape index (κ2) is 8.70. The molecular formula is C13H17NO2S. The molecule has 17 heavy (non-hydrogen) atoms. The van der Waals surface area contributed by atoms with Gasteiger partial charge in [0, 0.05) is 18.1 Å². The highest BCUT2D eigenvalue weighted by atomic mass is 32.2. The minimum absolute atomic E-state index is 0.312. The Labute approximate surface area is 106 Å². The number of rotatable bonds is 7. The van der Waals surface area contributed by atoms with E-state index < -0.39 is 0 Å². The molecule has 0 aliphatic heterocycles. The molecule has 1 rings (SSSR count). The van der Waals surface area contributed by atoms with Gasteiger partial charge in [-0.15, -0.1) is 6.58 Å². The van der Waals surface area contributed by atoms with E-state index in [0.717, 1.165) is 17.1 Å². The van der Waals surface area contributed by atoms with Crippen LogP contribution < -0.4 is 5.32 Å². The first-order valence-corrected chi connectivity index (χ1v) is 6.61. The highest BCUT2D eigenvalue weighted by Gasteiger charge is 2.00. The lowest BCUT2D eigenvalue weighted by Gasteiger charge is -2.06. The fourth-order valence-corrected chi connectivity index (χ4v) is 1.75. The van der Waals surface area contributed by atoms with Crippen LogP contribution in [0, 0.1) is 0 Å². The third kappa shape index (κ3) is 6.68. The molecule has 0 radical (unpaired) electrons. The average molecular weight is 251 g/mol. The van der Waals surface area contributed by atoms with E-state index in [-0.39, 0.29) is 6.09 Å². The second-order valence-electron chi connectivity index (χ2n) is 3.35. The van der Waals surface area contributed by atoms with E-state index >= 15 is 0 Å². The van der Waals surface area contributed by atoms with Crippen LogP contribution in [0.5, 0.6) is 0 Å². The average Bonchev–Trinajstić information content (AvgIpc) is 2.37. The van der Waals surface area contributed by atoms with Gasteiger partial charge in [0.2, 0.25) is 0 Å². The van der Waals surface area contributed by atoms with Gasteiger partial charge in [-0.05, 0) is 5.56 Å². The van der Waals surface area contributed by atoms with Crippen LogP contribution in [0.2, 0.25) is 0 Å². The summed E-state index contributed by atoms with van der Waals surface area (Å²) >= 11 is 1.72. The van der Waals surface area contributed by atoms with Gasteiger partial charge >= 0.3 is 6.09 Å². The van der Waals surface area contributed by atoms with Crippen LogP contribution in [0.4, 0.5) is 4.79 Å². The number of benzene rings is 1. The maximum atomic E-state index is 11.3. The summed E-state index contributed by atoms with van der Waals surface area (Å²) in [6.45, 7) is 4.55. The summed E-state index contributed by atoms with van der Waals surface area (Å²) in [4.78, 5) is 11.3. The van der Waals surface area contributed by atoms with Crippen molar-refractivity contribution in [2.75, 3.05) is 18.1 Å². The highest BCUT2D eigenvalue weighted by molar-refractivity contribution is 7.99. The highest BCUT2D eigenvalue weighted by Crippen LogP contribution is 2.01. The molecule has 1 aromatic carbocycles. The predicted octanol–water partition coefficient (Wildman–Crippen LogP) is 2.83. The summed E-state index contributed by atoms with van der Waals surface area (Å²) in [6.07, 6.45) is 1.48. The molecule has 0 fully saturated rings. The van der Waals surface area contributed by atoms with Crippen molar-refractivity contribution in [1.82, 2.24) is 5.32 Å². The second-order valence-corrected chi connectivity index (χ2v) is 4.50. The van der Waals surface area contributed by atoms with Crippen LogP contribution in [0.25, 0.3) is 0 Å². The Kier molecular flexibility index (Phi) is 6.98. The minimum atomic E-state index is -0.368. The molecule has 0 bridgehead atoms. The number of hydrogen-bond donors (Lipinski definition) is 1. The summed E-state index contributed by atoms with van der Waals surface area (Å²) in [5, 5.41) is 2.70. The Morgan fingerprint density at radius 2 is 2.18 bits per heavy atom. The molecule has 0 saturated heterocycles. The van der Waals surface area contributed by atoms with Gasteiger partial charge in [-0.25, -0.2) is 4.79 Å². The Hall–Kier alpha value is -1.42. The minimum Gasteiger partial charge on any atom is -0.445 e. The van der Waals surface area contributed by atoms with Crippen LogP contribution in [0.15, 0.2) is 43.0 Å². The van der Waals surface area contributed by atoms with Crippen LogP contribution >= 0.6 is 11.8 Å². The molecule has 4 heteroatoms. The summed E-state index contributed by atoms with van der Waals surface area (Å²) in [5.74, 6) is 1.77. The van der Waals surface area contributed by atoms with E-state index in [1.165, 1.54) is 0 Å². The molecule has 0 aromatic heterocycles. The smallest absolute Gasteiger partial charge is 0.407 e. The normalized spacial score (nSPS) is 9.65. The molecule has 3 nitrogen and oxygen atoms in total. The summed E-state index contributed by atoms with van der Waals surface area (Å²) < 4.78 is 5.06. The van der Waals surface area contributed by atoms with Crippen LogP contribution in [-0.2, 0) is 11.3 Å². The first kappa shape index (κ1) is 13.6. The van der Waals surface area contributed by atoms with Crippen molar-refractivity contribution in [2.24, 2.45) is 0 Å². The fourth-order valence-electron chi connectivity index (χ4n) is 1.17. The third-order valence-electron chi connectivity index (χ3n) is 1.96. The molecule has 92 valence electrons. The Morgan fingerprint density at radius 1 is 1.41 bits per heavy atom. The van der Waals surface area contributed by atoms with Crippen molar-refractivity contribution in [3.8, 4) is 0 Å². The van der Waals surface area contributed by atoms with Gasteiger partial charge in [-0.3, -0.25) is 0 Å². The Balaban J connectivity index is 2.07. The topological polar surface area (TPSA) is 38.3 Å². The third-order valence-corrected chi connectivity index (χ3v) is 2.93. The summed E-state index contributed by atoms with van der Waals surface area (Å²) in [7, 11) is 0. The van der Waals surface area contributed by atoms with E-state index in [1.54, 1.807) is 11.8 Å². The standard InChI is InChI=1S/C13H17NO2S/c1-2-9-17-10-8-14-13(15)16-11-12-6-4-3-5-7-12/h2-7H,1,8-11H2,(H,14,15). The van der Waals surface area contributed by atoms with Crippen molar-refractivity contribution >= 4 is 17.9 Å². The van der Waals surface area contributed by atoms with Crippen molar-refractivity contribution < 1.29 is 9.53 Å². The number of alkyl carbamates (subject to hydrolysis) is 1. The lowest BCUT2D eigenvalue weighted by atomic mass is 10.2. The molecule has 1 aromatic rings. The van der Waals surface area contributed by atoms with Gasteiger partial charge in [-0.2, -0.15) is 11.8 Å². The summed E-state index contributed by atoms with van der Waals surface area (Å²) in [5.41, 5.74) is 0.990. The zero-order valence-electron chi connectivity index (χ0n) is 9.72. The largest absolute Gasteiger partial charge is 0.445 e. The van der Waals surface area contributed by atoms with Crippen LogP contribution in [0.1, 0.15) is 5.56 Å². The van der Waals surface area contributed by atoms with Gasteiger partial charge in [0.1, 0.15) is 6.61 Å². The summed E-state index contributed by atoms with van der Waals surface area (Å²) in [6, 6.07) is 9.62. The van der Waals surface area contributed by atoms with Gasteiger partial charge in [0.15, 0.2) is 0 Å². The van der Waals surface area contributed by atoms with Gasteiger partial charge in [0.05, 0.1) is 0 Å². The lowest BCUT2D eigenvalue weighted by Crippen LogP contribution is -2.26. The molecule has 1 amide bonds. The monoisotopic (exact) mass is 251 g/mol. The predicted molar refractivity (Wildman–Crippen MR) is 72.2 cm³/mol. The van der Waals surface area contributed by atoms with Crippen LogP contribution in [0.3, 0.4) is 0 Å². The number of carbonyl (C=O) groups excluding carboxylic acids is 1. The lowest BCUT2D eigenvalue weighted by molar-refractivity contribution is 0.140. The molecule has 0 unspecified atom stereocenters. The number of amides is 1. The van der Waals surface area contributed by atoms with E-state index in [2.05, 4.69) is 11.9 Å². The zero-order chi connectivity index (χ0) is 12.3. The maximum absolute atomic E-state index is 11.3. The first-order chi connectivity index (χ1) is 8.33. The quantitative estimate of drug-likeness (QED) is 0.598. The Bertz CT molecular complexity index is 341. The fraction of sp³-hybridized carbons (Fsp3) is 0.308. The van der Waals surface area contributed by atoms with E-state index in [0.29, 0.717) is 13.2 Å². The van der Waals surface area contributed by atoms with E-state index in [4.69, 9.17) is 4.74 Å². The molecule has 0 aliphatic carbocycles. The van der Waals surface area contributed by atoms with Gasteiger partial charge in [-0.1, -0.05) is 36.4 Å². The molecule has 0 saturated carbocycles. The SMILES string of the molecule is C=CCSCCNC(=O)OCc1ccccc1. The molecule has 1 N–H and O–H groups in total. The Morgan fingerprint density at radius 3 is 2.88 bits per heavy atom. The van der Waals surface area contributed by atoms with Gasteiger partial charge < -0.3 is 10.1 Å². The maximum Gasteiger partial charge on any atom is 0.407 e. The molecule has 0 atom stereocenters. The number of nitrogens with one attached hydrogen (secondary N) is 1. The van der Waals surface area contributed by atoms with Crippen molar-refractivity contribution in [3.63, 3.8) is 0 Å². The van der Waals surface area contributed by atoms with E-state index in [1.807, 2.05) is 36.4 Å². The van der Waals surface area contributed by atoms with E-state index in [9.17, 15) is 4.79 Å². The van der Waals surface area contributed by atoms with Crippen molar-refractivity contribution in [3.05, 3.63) is 48.6 Å². The van der Waals surface area contributed by atoms with Crippen LogP contribution in [-0.4, -0.2) is 24.1 Å². The molecule has 0 aliphatic rings. The van der Waals surface area contributed by atoms with Gasteiger partial charge in [0.25, 0.3) is 0 Å². The van der Waals surface area contributed by atoms with Crippen molar-refractivity contribution in [1.29, 1.82) is 0 Å². The molecular weight excluding hydrogens is 234 g/mol. The molecule has 0 heterocycles. The number of carbonyl (C=O) groups is 1. The van der Waals surface area contributed by atoms with Crippen molar-refractivity contribution in [2.45, 2.75) is 6.61 Å². The number of ether oxygens (including phenoxy) is 1. The zero-order valence-corrected chi connectivity index (χ0v) is 10.5. The number of thioether (sulfide) groups is 1. The number of hydrogen-bond acceptors (Lipinski definition) is 3. The first-order valence-electron chi connectivity index (χ1n) is 5.46. The molecule has 0 spiro atoms.